The van der Waals surface area contributed by atoms with Gasteiger partial charge in [0.1, 0.15) is 0 Å². The van der Waals surface area contributed by atoms with Gasteiger partial charge in [-0.1, -0.05) is 6.07 Å². The highest BCUT2D eigenvalue weighted by atomic mass is 19.2. The largest absolute Gasteiger partial charge is 0.468 e. The normalized spacial score (nSPS) is 10.1. The van der Waals surface area contributed by atoms with Crippen LogP contribution in [0.1, 0.15) is 5.56 Å². The summed E-state index contributed by atoms with van der Waals surface area (Å²) in [5.41, 5.74) is 0.567. The Bertz CT molecular complexity index is 355. The van der Waals surface area contributed by atoms with Crippen LogP contribution in [0.25, 0.3) is 0 Å². The fraction of sp³-hybridized carbons (Fsp3) is 0.300. The molecule has 1 N–H and O–H groups in total. The van der Waals surface area contributed by atoms with Crippen LogP contribution in [0.2, 0.25) is 0 Å². The van der Waals surface area contributed by atoms with Crippen LogP contribution >= 0.6 is 0 Å². The molecule has 0 atom stereocenters. The molecular weight excluding hydrogens is 204 g/mol. The summed E-state index contributed by atoms with van der Waals surface area (Å²) in [4.78, 5) is 10.7. The standard InChI is InChI=1S/C10H11F2NO2/c1-15-10(14)6-13-5-7-2-3-8(11)9(12)4-7/h2-4,13H,5-6H2,1H3. The van der Waals surface area contributed by atoms with Crippen LogP contribution in [-0.4, -0.2) is 19.6 Å². The maximum Gasteiger partial charge on any atom is 0.319 e. The number of esters is 1. The molecule has 82 valence electrons. The van der Waals surface area contributed by atoms with Crippen LogP contribution in [0.5, 0.6) is 0 Å². The maximum atomic E-state index is 12.7. The van der Waals surface area contributed by atoms with E-state index in [1.807, 2.05) is 0 Å². The van der Waals surface area contributed by atoms with E-state index < -0.39 is 17.6 Å². The van der Waals surface area contributed by atoms with Gasteiger partial charge in [0, 0.05) is 6.54 Å². The number of hydrogen-bond donors (Lipinski definition) is 1. The fourth-order valence-corrected chi connectivity index (χ4v) is 1.03. The Labute approximate surface area is 86.0 Å². The molecule has 0 aliphatic carbocycles. The number of halogens is 2. The zero-order valence-electron chi connectivity index (χ0n) is 8.22. The minimum absolute atomic E-state index is 0.0372. The van der Waals surface area contributed by atoms with Crippen LogP contribution in [0.4, 0.5) is 8.78 Å². The molecule has 1 rings (SSSR count). The van der Waals surface area contributed by atoms with Gasteiger partial charge in [-0.3, -0.25) is 4.79 Å². The van der Waals surface area contributed by atoms with Crippen molar-refractivity contribution in [2.45, 2.75) is 6.54 Å². The number of carbonyl (C=O) groups excluding carboxylic acids is 1. The van der Waals surface area contributed by atoms with Crippen molar-refractivity contribution in [1.82, 2.24) is 5.32 Å². The minimum Gasteiger partial charge on any atom is -0.468 e. The lowest BCUT2D eigenvalue weighted by atomic mass is 10.2. The lowest BCUT2D eigenvalue weighted by Gasteiger charge is -2.03. The van der Waals surface area contributed by atoms with Gasteiger partial charge in [-0.2, -0.15) is 0 Å². The van der Waals surface area contributed by atoms with Gasteiger partial charge in [-0.25, -0.2) is 8.78 Å². The van der Waals surface area contributed by atoms with Crippen LogP contribution in [0.15, 0.2) is 18.2 Å². The molecule has 0 heterocycles. The number of benzene rings is 1. The van der Waals surface area contributed by atoms with Crippen molar-refractivity contribution in [2.75, 3.05) is 13.7 Å². The maximum absolute atomic E-state index is 12.7. The van der Waals surface area contributed by atoms with Crippen molar-refractivity contribution < 1.29 is 18.3 Å². The summed E-state index contributed by atoms with van der Waals surface area (Å²) in [7, 11) is 1.28. The highest BCUT2D eigenvalue weighted by Gasteiger charge is 2.03. The van der Waals surface area contributed by atoms with E-state index in [9.17, 15) is 13.6 Å². The number of ether oxygens (including phenoxy) is 1. The molecule has 0 amide bonds. The third-order valence-electron chi connectivity index (χ3n) is 1.81. The first kappa shape index (κ1) is 11.6. The number of methoxy groups -OCH3 is 1. The minimum atomic E-state index is -0.896. The van der Waals surface area contributed by atoms with Gasteiger partial charge >= 0.3 is 5.97 Å². The van der Waals surface area contributed by atoms with E-state index in [2.05, 4.69) is 10.1 Å². The van der Waals surface area contributed by atoms with Crippen molar-refractivity contribution in [3.05, 3.63) is 35.4 Å². The Morgan fingerprint density at radius 2 is 2.13 bits per heavy atom. The van der Waals surface area contributed by atoms with Crippen molar-refractivity contribution in [3.63, 3.8) is 0 Å². The molecule has 0 unspecified atom stereocenters. The number of rotatable bonds is 4. The van der Waals surface area contributed by atoms with Crippen molar-refractivity contribution in [2.24, 2.45) is 0 Å². The molecule has 0 spiro atoms. The molecule has 1 aromatic carbocycles. The number of nitrogens with one attached hydrogen (secondary N) is 1. The van der Waals surface area contributed by atoms with Crippen molar-refractivity contribution >= 4 is 5.97 Å². The van der Waals surface area contributed by atoms with E-state index in [-0.39, 0.29) is 13.1 Å². The molecule has 0 aliphatic heterocycles. The second-order valence-electron chi connectivity index (χ2n) is 2.93. The Morgan fingerprint density at radius 3 is 2.73 bits per heavy atom. The van der Waals surface area contributed by atoms with Gasteiger partial charge in [0.15, 0.2) is 11.6 Å². The zero-order chi connectivity index (χ0) is 11.3. The van der Waals surface area contributed by atoms with Crippen LogP contribution in [0.3, 0.4) is 0 Å². The molecule has 0 aromatic heterocycles. The highest BCUT2D eigenvalue weighted by Crippen LogP contribution is 2.08. The molecule has 0 bridgehead atoms. The lowest BCUT2D eigenvalue weighted by Crippen LogP contribution is -2.23. The molecule has 0 radical (unpaired) electrons. The second-order valence-corrected chi connectivity index (χ2v) is 2.93. The summed E-state index contributed by atoms with van der Waals surface area (Å²) in [6.45, 7) is 0.321. The predicted molar refractivity (Wildman–Crippen MR) is 50.1 cm³/mol. The molecule has 0 aliphatic rings. The first-order valence-corrected chi connectivity index (χ1v) is 4.35. The third-order valence-corrected chi connectivity index (χ3v) is 1.81. The number of hydrogen-bond acceptors (Lipinski definition) is 3. The fourth-order valence-electron chi connectivity index (χ4n) is 1.03. The zero-order valence-corrected chi connectivity index (χ0v) is 8.22. The van der Waals surface area contributed by atoms with E-state index in [1.54, 1.807) is 0 Å². The summed E-state index contributed by atoms with van der Waals surface area (Å²) >= 11 is 0. The van der Waals surface area contributed by atoms with E-state index in [0.29, 0.717) is 5.56 Å². The molecule has 5 heteroatoms. The van der Waals surface area contributed by atoms with Crippen LogP contribution < -0.4 is 5.32 Å². The average Bonchev–Trinajstić information content (AvgIpc) is 2.23. The van der Waals surface area contributed by atoms with E-state index in [4.69, 9.17) is 0 Å². The van der Waals surface area contributed by atoms with Gasteiger partial charge in [0.05, 0.1) is 13.7 Å². The highest BCUT2D eigenvalue weighted by molar-refractivity contribution is 5.71. The molecule has 0 fully saturated rings. The SMILES string of the molecule is COC(=O)CNCc1ccc(F)c(F)c1. The summed E-state index contributed by atoms with van der Waals surface area (Å²) in [6.07, 6.45) is 0. The summed E-state index contributed by atoms with van der Waals surface area (Å²) in [5, 5.41) is 2.74. The lowest BCUT2D eigenvalue weighted by molar-refractivity contribution is -0.139. The Morgan fingerprint density at radius 1 is 1.40 bits per heavy atom. The molecule has 0 saturated heterocycles. The van der Waals surface area contributed by atoms with Gasteiger partial charge < -0.3 is 10.1 Å². The average molecular weight is 215 g/mol. The Hall–Kier alpha value is -1.49. The quantitative estimate of drug-likeness (QED) is 0.767. The topological polar surface area (TPSA) is 38.3 Å². The predicted octanol–water partition coefficient (Wildman–Crippen LogP) is 1.23. The third kappa shape index (κ3) is 3.63. The summed E-state index contributed by atoms with van der Waals surface area (Å²) in [6, 6.07) is 3.58. The van der Waals surface area contributed by atoms with Gasteiger partial charge in [0.25, 0.3) is 0 Å². The molecule has 0 saturated carbocycles. The Kier molecular flexibility index (Phi) is 4.17. The van der Waals surface area contributed by atoms with E-state index in [1.165, 1.54) is 13.2 Å². The van der Waals surface area contributed by atoms with Gasteiger partial charge in [0.2, 0.25) is 0 Å². The molecule has 15 heavy (non-hydrogen) atoms. The summed E-state index contributed by atoms with van der Waals surface area (Å²) in [5.74, 6) is -2.18. The Balaban J connectivity index is 2.44. The first-order chi connectivity index (χ1) is 7.13. The molecular formula is C10H11F2NO2. The van der Waals surface area contributed by atoms with Crippen molar-refractivity contribution in [1.29, 1.82) is 0 Å². The smallest absolute Gasteiger partial charge is 0.319 e. The van der Waals surface area contributed by atoms with Crippen LogP contribution in [0, 0.1) is 11.6 Å². The molecule has 1 aromatic rings. The molecule has 3 nitrogen and oxygen atoms in total. The van der Waals surface area contributed by atoms with E-state index >= 15 is 0 Å². The number of carbonyl (C=O) groups is 1. The van der Waals surface area contributed by atoms with Gasteiger partial charge in [-0.05, 0) is 17.7 Å². The summed E-state index contributed by atoms with van der Waals surface area (Å²) < 4.78 is 29.7. The van der Waals surface area contributed by atoms with Crippen LogP contribution in [-0.2, 0) is 16.1 Å². The van der Waals surface area contributed by atoms with Crippen molar-refractivity contribution in [3.8, 4) is 0 Å². The van der Waals surface area contributed by atoms with E-state index in [0.717, 1.165) is 12.1 Å². The van der Waals surface area contributed by atoms with Gasteiger partial charge in [-0.15, -0.1) is 0 Å². The monoisotopic (exact) mass is 215 g/mol. The first-order valence-electron chi connectivity index (χ1n) is 4.35. The second kappa shape index (κ2) is 5.41.